The number of ketones is 1. The molecule has 1 fully saturated rings. The van der Waals surface area contributed by atoms with Crippen LogP contribution in [-0.4, -0.2) is 63.5 Å². The first-order valence-electron chi connectivity index (χ1n) is 9.79. The van der Waals surface area contributed by atoms with Crippen LogP contribution in [0.25, 0.3) is 0 Å². The number of carbonyl (C=O) groups is 3. The summed E-state index contributed by atoms with van der Waals surface area (Å²) in [5.41, 5.74) is 0.191. The zero-order valence-corrected chi connectivity index (χ0v) is 19.1. The predicted molar refractivity (Wildman–Crippen MR) is 119 cm³/mol. The van der Waals surface area contributed by atoms with Crippen molar-refractivity contribution in [3.8, 4) is 5.75 Å². The smallest absolute Gasteiger partial charge is 0.325 e. The Kier molecular flexibility index (Phi) is 6.27. The Morgan fingerprint density at radius 1 is 1.12 bits per heavy atom. The van der Waals surface area contributed by atoms with Gasteiger partial charge in [0.1, 0.15) is 11.3 Å². The van der Waals surface area contributed by atoms with Crippen molar-refractivity contribution in [1.29, 1.82) is 0 Å². The fraction of sp³-hybridized carbons (Fsp3) is 0.318. The van der Waals surface area contributed by atoms with Crippen LogP contribution in [0.15, 0.2) is 48.5 Å². The maximum Gasteiger partial charge on any atom is 0.325 e. The van der Waals surface area contributed by atoms with Gasteiger partial charge in [0.25, 0.3) is 5.91 Å². The lowest BCUT2D eigenvalue weighted by Gasteiger charge is -2.22. The molecule has 32 heavy (non-hydrogen) atoms. The van der Waals surface area contributed by atoms with Crippen LogP contribution in [0.3, 0.4) is 0 Å². The second-order valence-corrected chi connectivity index (χ2v) is 9.86. The van der Waals surface area contributed by atoms with E-state index in [0.717, 1.165) is 21.0 Å². The molecule has 2 aromatic carbocycles. The minimum Gasteiger partial charge on any atom is -0.496 e. The molecule has 3 amide bonds. The summed E-state index contributed by atoms with van der Waals surface area (Å²) >= 11 is 0. The van der Waals surface area contributed by atoms with Crippen molar-refractivity contribution in [2.75, 3.05) is 31.3 Å². The van der Waals surface area contributed by atoms with Gasteiger partial charge in [-0.25, -0.2) is 13.2 Å². The first-order chi connectivity index (χ1) is 15.0. The van der Waals surface area contributed by atoms with E-state index in [4.69, 9.17) is 4.74 Å². The predicted octanol–water partition coefficient (Wildman–Crippen LogP) is 1.83. The Hall–Kier alpha value is -3.40. The number of imide groups is 1. The topological polar surface area (TPSA) is 113 Å². The molecule has 1 saturated heterocycles. The van der Waals surface area contributed by atoms with E-state index in [1.165, 1.54) is 38.4 Å². The van der Waals surface area contributed by atoms with E-state index in [1.807, 2.05) is 18.2 Å². The highest BCUT2D eigenvalue weighted by Gasteiger charge is 2.48. The van der Waals surface area contributed by atoms with Gasteiger partial charge >= 0.3 is 6.03 Å². The van der Waals surface area contributed by atoms with Gasteiger partial charge in [-0.05, 0) is 42.8 Å². The van der Waals surface area contributed by atoms with Gasteiger partial charge in [-0.1, -0.05) is 18.2 Å². The quantitative estimate of drug-likeness (QED) is 0.476. The summed E-state index contributed by atoms with van der Waals surface area (Å²) in [5, 5.41) is 2.68. The van der Waals surface area contributed by atoms with E-state index < -0.39 is 39.8 Å². The summed E-state index contributed by atoms with van der Waals surface area (Å²) in [4.78, 5) is 39.2. The van der Waals surface area contributed by atoms with Crippen LogP contribution in [0.1, 0.15) is 22.8 Å². The molecule has 0 aromatic heterocycles. The number of carbonyl (C=O) groups excluding carboxylic acids is 3. The van der Waals surface area contributed by atoms with Crippen LogP contribution in [-0.2, 0) is 21.2 Å². The SMILES string of the molecule is COc1ccccc1C[C@@]1(C)NC(=O)N(CC(=O)c2ccc(N(C)S(C)(=O)=O)cc2)C1=O. The van der Waals surface area contributed by atoms with Gasteiger partial charge in [0.15, 0.2) is 5.78 Å². The molecule has 1 heterocycles. The Balaban J connectivity index is 1.74. The van der Waals surface area contributed by atoms with Crippen molar-refractivity contribution in [2.45, 2.75) is 18.9 Å². The van der Waals surface area contributed by atoms with Gasteiger partial charge in [-0.3, -0.25) is 18.8 Å². The number of ether oxygens (including phenoxy) is 1. The van der Waals surface area contributed by atoms with E-state index in [-0.39, 0.29) is 12.0 Å². The number of rotatable bonds is 8. The fourth-order valence-corrected chi connectivity index (χ4v) is 4.03. The van der Waals surface area contributed by atoms with Crippen LogP contribution in [0.4, 0.5) is 10.5 Å². The average molecular weight is 460 g/mol. The molecule has 10 heteroatoms. The lowest BCUT2D eigenvalue weighted by Crippen LogP contribution is -2.46. The number of sulfonamides is 1. The number of nitrogens with zero attached hydrogens (tertiary/aromatic N) is 2. The largest absolute Gasteiger partial charge is 0.496 e. The Bertz CT molecular complexity index is 1160. The van der Waals surface area contributed by atoms with Gasteiger partial charge < -0.3 is 10.1 Å². The molecule has 3 rings (SSSR count). The molecule has 0 radical (unpaired) electrons. The molecular formula is C22H25N3O6S. The number of para-hydroxylation sites is 1. The van der Waals surface area contributed by atoms with Gasteiger partial charge in [0, 0.05) is 19.0 Å². The van der Waals surface area contributed by atoms with Gasteiger partial charge in [-0.2, -0.15) is 0 Å². The standard InChI is InChI=1S/C22H25N3O6S/c1-22(13-16-7-5-6-8-19(16)31-3)20(27)25(21(28)23-22)14-18(26)15-9-11-17(12-10-15)24(2)32(4,29)30/h5-12H,13-14H2,1-4H3,(H,23,28)/t22-/m1/s1. The van der Waals surface area contributed by atoms with Crippen molar-refractivity contribution >= 4 is 33.4 Å². The minimum absolute atomic E-state index is 0.207. The number of nitrogens with one attached hydrogen (secondary N) is 1. The van der Waals surface area contributed by atoms with E-state index >= 15 is 0 Å². The molecule has 170 valence electrons. The second kappa shape index (κ2) is 8.62. The van der Waals surface area contributed by atoms with Crippen LogP contribution in [0.5, 0.6) is 5.75 Å². The van der Waals surface area contributed by atoms with Crippen molar-refractivity contribution < 1.29 is 27.5 Å². The minimum atomic E-state index is -3.43. The molecule has 0 bridgehead atoms. The number of Topliss-reactive ketones (excluding diaryl/α,β-unsaturated/α-hetero) is 1. The number of hydrogen-bond acceptors (Lipinski definition) is 6. The van der Waals surface area contributed by atoms with E-state index in [0.29, 0.717) is 11.4 Å². The molecule has 1 aliphatic rings. The number of anilines is 1. The van der Waals surface area contributed by atoms with Crippen LogP contribution >= 0.6 is 0 Å². The van der Waals surface area contributed by atoms with E-state index in [9.17, 15) is 22.8 Å². The molecule has 1 aliphatic heterocycles. The van der Waals surface area contributed by atoms with Gasteiger partial charge in [0.2, 0.25) is 10.0 Å². The molecule has 0 unspecified atom stereocenters. The van der Waals surface area contributed by atoms with Crippen molar-refractivity contribution in [3.05, 3.63) is 59.7 Å². The summed E-state index contributed by atoms with van der Waals surface area (Å²) in [5.74, 6) is -0.344. The molecule has 0 saturated carbocycles. The highest BCUT2D eigenvalue weighted by Crippen LogP contribution is 2.27. The normalized spacial score (nSPS) is 18.4. The maximum absolute atomic E-state index is 13.0. The summed E-state index contributed by atoms with van der Waals surface area (Å²) in [6, 6.07) is 12.5. The lowest BCUT2D eigenvalue weighted by molar-refractivity contribution is -0.130. The first kappa shape index (κ1) is 23.3. The number of urea groups is 1. The molecule has 2 aromatic rings. The van der Waals surface area contributed by atoms with Gasteiger partial charge in [0.05, 0.1) is 25.6 Å². The van der Waals surface area contributed by atoms with E-state index in [1.54, 1.807) is 13.0 Å². The monoisotopic (exact) mass is 459 g/mol. The number of benzene rings is 2. The molecule has 9 nitrogen and oxygen atoms in total. The third-order valence-corrected chi connectivity index (χ3v) is 6.64. The first-order valence-corrected chi connectivity index (χ1v) is 11.6. The van der Waals surface area contributed by atoms with Crippen LogP contribution < -0.4 is 14.4 Å². The van der Waals surface area contributed by atoms with Crippen LogP contribution in [0, 0.1) is 0 Å². The summed E-state index contributed by atoms with van der Waals surface area (Å²) in [6.07, 6.45) is 1.28. The van der Waals surface area contributed by atoms with Crippen LogP contribution in [0.2, 0.25) is 0 Å². The zero-order chi connectivity index (χ0) is 23.7. The zero-order valence-electron chi connectivity index (χ0n) is 18.3. The Morgan fingerprint density at radius 3 is 2.34 bits per heavy atom. The highest BCUT2D eigenvalue weighted by molar-refractivity contribution is 7.92. The Morgan fingerprint density at radius 2 is 1.75 bits per heavy atom. The van der Waals surface area contributed by atoms with Crippen molar-refractivity contribution in [1.82, 2.24) is 10.2 Å². The molecular weight excluding hydrogens is 434 g/mol. The van der Waals surface area contributed by atoms with Crippen molar-refractivity contribution in [2.24, 2.45) is 0 Å². The third-order valence-electron chi connectivity index (χ3n) is 5.43. The van der Waals surface area contributed by atoms with Crippen molar-refractivity contribution in [3.63, 3.8) is 0 Å². The molecule has 1 atom stereocenters. The highest BCUT2D eigenvalue weighted by atomic mass is 32.2. The number of amides is 3. The summed E-state index contributed by atoms with van der Waals surface area (Å²) in [6.45, 7) is 1.19. The van der Waals surface area contributed by atoms with Gasteiger partial charge in [-0.15, -0.1) is 0 Å². The number of methoxy groups -OCH3 is 1. The third kappa shape index (κ3) is 4.59. The van der Waals surface area contributed by atoms with E-state index in [2.05, 4.69) is 5.32 Å². The lowest BCUT2D eigenvalue weighted by atomic mass is 9.92. The molecule has 0 spiro atoms. The molecule has 1 N–H and O–H groups in total. The average Bonchev–Trinajstić information content (AvgIpc) is 2.95. The fourth-order valence-electron chi connectivity index (χ4n) is 3.52. The Labute approximate surface area is 187 Å². The number of hydrogen-bond donors (Lipinski definition) is 1. The maximum atomic E-state index is 13.0. The summed E-state index contributed by atoms with van der Waals surface area (Å²) in [7, 11) is -0.500. The summed E-state index contributed by atoms with van der Waals surface area (Å²) < 4.78 is 29.7. The molecule has 0 aliphatic carbocycles. The second-order valence-electron chi connectivity index (χ2n) is 7.84.